The summed E-state index contributed by atoms with van der Waals surface area (Å²) in [6.07, 6.45) is 0. The molecule has 0 saturated heterocycles. The summed E-state index contributed by atoms with van der Waals surface area (Å²) in [5.41, 5.74) is 5.88. The zero-order chi connectivity index (χ0) is 7.56. The van der Waals surface area contributed by atoms with Crippen molar-refractivity contribution < 1.29 is 4.79 Å². The molecule has 0 fully saturated rings. The lowest BCUT2D eigenvalue weighted by Gasteiger charge is -2.06. The predicted molar refractivity (Wildman–Crippen MR) is 42.4 cm³/mol. The van der Waals surface area contributed by atoms with E-state index in [1.807, 2.05) is 5.41 Å². The quantitative estimate of drug-likeness (QED) is 0.595. The topological polar surface area (TPSA) is 55.1 Å². The average molecular weight is 158 g/mol. The van der Waals surface area contributed by atoms with E-state index in [1.165, 1.54) is 0 Å². The number of nitrogens with two attached hydrogens (primary N) is 1. The SMILES string of the molecule is CC1CSC=C1NC(N)=O. The van der Waals surface area contributed by atoms with E-state index in [-0.39, 0.29) is 0 Å². The number of hydrogen-bond acceptors (Lipinski definition) is 2. The van der Waals surface area contributed by atoms with Crippen LogP contribution in [-0.4, -0.2) is 11.8 Å². The molecule has 0 saturated carbocycles. The summed E-state index contributed by atoms with van der Waals surface area (Å²) in [6, 6.07) is -0.472. The zero-order valence-electron chi connectivity index (χ0n) is 5.76. The summed E-state index contributed by atoms with van der Waals surface area (Å²) < 4.78 is 0. The molecule has 0 bridgehead atoms. The van der Waals surface area contributed by atoms with Crippen molar-refractivity contribution in [2.45, 2.75) is 6.92 Å². The molecule has 56 valence electrons. The Morgan fingerprint density at radius 2 is 2.70 bits per heavy atom. The molecule has 1 heterocycles. The monoisotopic (exact) mass is 158 g/mol. The molecular weight excluding hydrogens is 148 g/mol. The lowest BCUT2D eigenvalue weighted by molar-refractivity contribution is 0.250. The van der Waals surface area contributed by atoms with Gasteiger partial charge in [0.05, 0.1) is 0 Å². The van der Waals surface area contributed by atoms with E-state index in [4.69, 9.17) is 5.73 Å². The number of urea groups is 1. The Kier molecular flexibility index (Phi) is 2.21. The molecule has 3 N–H and O–H groups in total. The van der Waals surface area contributed by atoms with Crippen molar-refractivity contribution in [3.05, 3.63) is 11.1 Å². The highest BCUT2D eigenvalue weighted by Gasteiger charge is 2.15. The Balaban J connectivity index is 2.47. The fourth-order valence-electron chi connectivity index (χ4n) is 0.783. The number of carbonyl (C=O) groups is 1. The van der Waals surface area contributed by atoms with Crippen LogP contribution in [0.4, 0.5) is 4.79 Å². The number of nitrogens with one attached hydrogen (secondary N) is 1. The molecule has 1 aliphatic rings. The van der Waals surface area contributed by atoms with E-state index < -0.39 is 6.03 Å². The second-order valence-electron chi connectivity index (χ2n) is 2.30. The minimum Gasteiger partial charge on any atom is -0.351 e. The fraction of sp³-hybridized carbons (Fsp3) is 0.500. The predicted octanol–water partition coefficient (Wildman–Crippen LogP) is 0.879. The van der Waals surface area contributed by atoms with Crippen LogP contribution in [0.5, 0.6) is 0 Å². The Labute approximate surface area is 64.0 Å². The molecule has 3 nitrogen and oxygen atoms in total. The highest BCUT2D eigenvalue weighted by molar-refractivity contribution is 8.02. The number of amides is 2. The normalized spacial score (nSPS) is 24.1. The van der Waals surface area contributed by atoms with E-state index in [2.05, 4.69) is 12.2 Å². The molecule has 4 heteroatoms. The number of thioether (sulfide) groups is 1. The maximum Gasteiger partial charge on any atom is 0.316 e. The molecule has 0 spiro atoms. The lowest BCUT2D eigenvalue weighted by atomic mass is 10.2. The smallest absolute Gasteiger partial charge is 0.316 e. The van der Waals surface area contributed by atoms with Gasteiger partial charge in [-0.15, -0.1) is 11.8 Å². The highest BCUT2D eigenvalue weighted by atomic mass is 32.2. The Morgan fingerprint density at radius 1 is 2.00 bits per heavy atom. The largest absolute Gasteiger partial charge is 0.351 e. The van der Waals surface area contributed by atoms with E-state index in [0.29, 0.717) is 5.92 Å². The van der Waals surface area contributed by atoms with Gasteiger partial charge in [-0.2, -0.15) is 0 Å². The number of rotatable bonds is 1. The van der Waals surface area contributed by atoms with Gasteiger partial charge in [0, 0.05) is 17.4 Å². The Bertz CT molecular complexity index is 179. The molecule has 1 aliphatic heterocycles. The molecule has 1 rings (SSSR count). The van der Waals surface area contributed by atoms with Crippen molar-refractivity contribution in [2.75, 3.05) is 5.75 Å². The van der Waals surface area contributed by atoms with Gasteiger partial charge in [0.2, 0.25) is 0 Å². The third kappa shape index (κ3) is 1.67. The Morgan fingerprint density at radius 3 is 3.10 bits per heavy atom. The first-order chi connectivity index (χ1) is 4.70. The third-order valence-corrected chi connectivity index (χ3v) is 2.47. The van der Waals surface area contributed by atoms with Gasteiger partial charge in [-0.1, -0.05) is 6.92 Å². The summed E-state index contributed by atoms with van der Waals surface area (Å²) in [5.74, 6) is 1.47. The van der Waals surface area contributed by atoms with Gasteiger partial charge in [-0.25, -0.2) is 4.79 Å². The van der Waals surface area contributed by atoms with E-state index in [0.717, 1.165) is 11.4 Å². The van der Waals surface area contributed by atoms with Gasteiger partial charge in [0.15, 0.2) is 0 Å². The van der Waals surface area contributed by atoms with Crippen molar-refractivity contribution in [1.29, 1.82) is 0 Å². The minimum absolute atomic E-state index is 0.428. The number of allylic oxidation sites excluding steroid dienone is 1. The maximum atomic E-state index is 10.4. The van der Waals surface area contributed by atoms with Gasteiger partial charge in [-0.3, -0.25) is 0 Å². The summed E-state index contributed by atoms with van der Waals surface area (Å²) in [4.78, 5) is 10.4. The summed E-state index contributed by atoms with van der Waals surface area (Å²) in [5, 5.41) is 4.51. The zero-order valence-corrected chi connectivity index (χ0v) is 6.57. The fourth-order valence-corrected chi connectivity index (χ4v) is 1.82. The van der Waals surface area contributed by atoms with Crippen LogP contribution in [0.3, 0.4) is 0 Å². The molecule has 0 aliphatic carbocycles. The van der Waals surface area contributed by atoms with E-state index in [9.17, 15) is 4.79 Å². The molecule has 10 heavy (non-hydrogen) atoms. The molecule has 0 aromatic heterocycles. The van der Waals surface area contributed by atoms with Crippen LogP contribution in [0.25, 0.3) is 0 Å². The van der Waals surface area contributed by atoms with Crippen LogP contribution in [0.1, 0.15) is 6.92 Å². The lowest BCUT2D eigenvalue weighted by Crippen LogP contribution is -2.30. The molecule has 0 aromatic carbocycles. The van der Waals surface area contributed by atoms with Gasteiger partial charge in [0.25, 0.3) is 0 Å². The second kappa shape index (κ2) is 2.96. The summed E-state index contributed by atoms with van der Waals surface area (Å²) in [6.45, 7) is 2.06. The standard InChI is InChI=1S/C6H10N2OS/c1-4-2-10-3-5(4)8-6(7)9/h3-4H,2H2,1H3,(H3,7,8,9). The first-order valence-electron chi connectivity index (χ1n) is 3.08. The second-order valence-corrected chi connectivity index (χ2v) is 3.20. The number of hydrogen-bond donors (Lipinski definition) is 2. The highest BCUT2D eigenvalue weighted by Crippen LogP contribution is 2.25. The maximum absolute atomic E-state index is 10.4. The van der Waals surface area contributed by atoms with Crippen LogP contribution in [0.15, 0.2) is 11.1 Å². The van der Waals surface area contributed by atoms with E-state index in [1.54, 1.807) is 11.8 Å². The molecule has 0 radical (unpaired) electrons. The third-order valence-electron chi connectivity index (χ3n) is 1.35. The Hall–Kier alpha value is -0.640. The molecule has 2 amide bonds. The van der Waals surface area contributed by atoms with Crippen LogP contribution < -0.4 is 11.1 Å². The van der Waals surface area contributed by atoms with Crippen molar-refractivity contribution in [2.24, 2.45) is 11.7 Å². The first-order valence-corrected chi connectivity index (χ1v) is 4.13. The van der Waals surface area contributed by atoms with Crippen molar-refractivity contribution in [1.82, 2.24) is 5.32 Å². The van der Waals surface area contributed by atoms with Crippen LogP contribution >= 0.6 is 11.8 Å². The van der Waals surface area contributed by atoms with E-state index >= 15 is 0 Å². The van der Waals surface area contributed by atoms with Crippen molar-refractivity contribution in [3.63, 3.8) is 0 Å². The van der Waals surface area contributed by atoms with Crippen LogP contribution in [0.2, 0.25) is 0 Å². The molecule has 1 unspecified atom stereocenters. The van der Waals surface area contributed by atoms with Crippen molar-refractivity contribution >= 4 is 17.8 Å². The number of carbonyl (C=O) groups excluding carboxylic acids is 1. The summed E-state index contributed by atoms with van der Waals surface area (Å²) >= 11 is 1.70. The molecular formula is C6H10N2OS. The van der Waals surface area contributed by atoms with Crippen molar-refractivity contribution in [3.8, 4) is 0 Å². The molecule has 0 aromatic rings. The van der Waals surface area contributed by atoms with Crippen LogP contribution in [-0.2, 0) is 0 Å². The summed E-state index contributed by atoms with van der Waals surface area (Å²) in [7, 11) is 0. The van der Waals surface area contributed by atoms with Gasteiger partial charge in [-0.05, 0) is 5.41 Å². The van der Waals surface area contributed by atoms with Gasteiger partial charge in [0.1, 0.15) is 0 Å². The first kappa shape index (κ1) is 7.47. The molecule has 1 atom stereocenters. The van der Waals surface area contributed by atoms with Gasteiger partial charge >= 0.3 is 6.03 Å². The number of primary amides is 1. The average Bonchev–Trinajstić information content (AvgIpc) is 2.15. The van der Waals surface area contributed by atoms with Crippen LogP contribution in [0, 0.1) is 5.92 Å². The minimum atomic E-state index is -0.472. The van der Waals surface area contributed by atoms with Gasteiger partial charge < -0.3 is 11.1 Å².